The number of benzene rings is 2. The van der Waals surface area contributed by atoms with Gasteiger partial charge in [-0.2, -0.15) is 0 Å². The second-order valence-corrected chi connectivity index (χ2v) is 7.72. The fourth-order valence-electron chi connectivity index (χ4n) is 3.63. The van der Waals surface area contributed by atoms with Crippen LogP contribution in [-0.4, -0.2) is 42.0 Å². The third kappa shape index (κ3) is 3.71. The molecule has 0 saturated carbocycles. The fourth-order valence-corrected chi connectivity index (χ4v) is 4.35. The second-order valence-electron chi connectivity index (χ2n) is 6.84. The summed E-state index contributed by atoms with van der Waals surface area (Å²) in [6.07, 6.45) is 1.82. The van der Waals surface area contributed by atoms with E-state index in [1.807, 2.05) is 41.3 Å². The van der Waals surface area contributed by atoms with Crippen LogP contribution in [0.4, 0.5) is 0 Å². The van der Waals surface area contributed by atoms with Crippen LogP contribution < -0.4 is 0 Å². The molecule has 27 heavy (non-hydrogen) atoms. The molecule has 1 aliphatic heterocycles. The molecular formula is C21H20N2O3S. The topological polar surface area (TPSA) is 59.5 Å². The van der Waals surface area contributed by atoms with Gasteiger partial charge in [0.2, 0.25) is 0 Å². The Hall–Kier alpha value is -2.73. The highest BCUT2D eigenvalue weighted by Crippen LogP contribution is 2.25. The quantitative estimate of drug-likeness (QED) is 0.646. The molecule has 1 saturated heterocycles. The molecule has 2 aromatic carbocycles. The Kier molecular flexibility index (Phi) is 4.90. The number of likely N-dealkylation sites (tertiary alicyclic amines) is 1. The van der Waals surface area contributed by atoms with Crippen LogP contribution in [-0.2, 0) is 11.2 Å². The highest BCUT2D eigenvalue weighted by atomic mass is 32.1. The van der Waals surface area contributed by atoms with Gasteiger partial charge in [-0.3, -0.25) is 4.79 Å². The van der Waals surface area contributed by atoms with E-state index in [4.69, 9.17) is 4.74 Å². The normalized spacial score (nSPS) is 16.6. The summed E-state index contributed by atoms with van der Waals surface area (Å²) in [6.45, 7) is 1.50. The predicted molar refractivity (Wildman–Crippen MR) is 105 cm³/mol. The lowest BCUT2D eigenvalue weighted by atomic mass is 9.97. The van der Waals surface area contributed by atoms with Crippen LogP contribution in [0.3, 0.4) is 0 Å². The predicted octanol–water partition coefficient (Wildman–Crippen LogP) is 3.79. The molecule has 5 nitrogen and oxygen atoms in total. The van der Waals surface area contributed by atoms with E-state index < -0.39 is 0 Å². The van der Waals surface area contributed by atoms with Crippen LogP contribution >= 0.6 is 11.3 Å². The first-order valence-corrected chi connectivity index (χ1v) is 9.82. The number of carbonyl (C=O) groups is 2. The van der Waals surface area contributed by atoms with E-state index in [0.717, 1.165) is 47.3 Å². The molecule has 0 radical (unpaired) electrons. The summed E-state index contributed by atoms with van der Waals surface area (Å²) < 4.78 is 5.83. The Morgan fingerprint density at radius 3 is 2.96 bits per heavy atom. The van der Waals surface area contributed by atoms with Gasteiger partial charge in [0.05, 0.1) is 28.4 Å². The number of methoxy groups -OCH3 is 1. The van der Waals surface area contributed by atoms with Crippen molar-refractivity contribution in [2.75, 3.05) is 20.2 Å². The number of ether oxygens (including phenoxy) is 1. The third-order valence-corrected chi connectivity index (χ3v) is 5.82. The lowest BCUT2D eigenvalue weighted by molar-refractivity contribution is 0.0600. The summed E-state index contributed by atoms with van der Waals surface area (Å²) in [5.41, 5.74) is 5.12. The average Bonchev–Trinajstić information content (AvgIpc) is 3.35. The molecular weight excluding hydrogens is 360 g/mol. The first-order chi connectivity index (χ1) is 13.1. The zero-order valence-corrected chi connectivity index (χ0v) is 15.9. The van der Waals surface area contributed by atoms with E-state index in [1.165, 1.54) is 7.11 Å². The van der Waals surface area contributed by atoms with Crippen molar-refractivity contribution in [3.63, 3.8) is 0 Å². The minimum atomic E-state index is -0.321. The number of esters is 1. The van der Waals surface area contributed by atoms with Gasteiger partial charge in [-0.1, -0.05) is 12.1 Å². The van der Waals surface area contributed by atoms with Crippen LogP contribution in [0.15, 0.2) is 48.0 Å². The van der Waals surface area contributed by atoms with Crippen molar-refractivity contribution in [1.82, 2.24) is 9.88 Å². The molecule has 0 N–H and O–H groups in total. The van der Waals surface area contributed by atoms with E-state index in [1.54, 1.807) is 22.9 Å². The molecule has 0 bridgehead atoms. The fraction of sp³-hybridized carbons (Fsp3) is 0.286. The summed E-state index contributed by atoms with van der Waals surface area (Å²) in [4.78, 5) is 30.7. The Bertz CT molecular complexity index is 998. The maximum Gasteiger partial charge on any atom is 0.337 e. The van der Waals surface area contributed by atoms with E-state index in [2.05, 4.69) is 4.98 Å². The van der Waals surface area contributed by atoms with E-state index in [9.17, 15) is 9.59 Å². The summed E-state index contributed by atoms with van der Waals surface area (Å²) in [7, 11) is 1.39. The van der Waals surface area contributed by atoms with Crippen LogP contribution in [0.1, 0.15) is 32.7 Å². The Morgan fingerprint density at radius 2 is 2.11 bits per heavy atom. The number of carbonyl (C=O) groups excluding carboxylic acids is 2. The molecule has 6 heteroatoms. The number of rotatable bonds is 4. The van der Waals surface area contributed by atoms with Gasteiger partial charge in [0.15, 0.2) is 0 Å². The van der Waals surface area contributed by atoms with E-state index in [0.29, 0.717) is 11.5 Å². The molecule has 0 spiro atoms. The number of aromatic nitrogens is 1. The van der Waals surface area contributed by atoms with E-state index >= 15 is 0 Å². The Balaban J connectivity index is 1.42. The van der Waals surface area contributed by atoms with Gasteiger partial charge >= 0.3 is 5.97 Å². The van der Waals surface area contributed by atoms with Crippen molar-refractivity contribution in [2.45, 2.75) is 12.8 Å². The number of nitrogens with zero attached hydrogens (tertiary/aromatic N) is 2. The molecule has 2 heterocycles. The summed E-state index contributed by atoms with van der Waals surface area (Å²) in [5.74, 6) is 0.156. The molecule has 3 aromatic rings. The lowest BCUT2D eigenvalue weighted by Gasteiger charge is -2.17. The van der Waals surface area contributed by atoms with Crippen LogP contribution in [0, 0.1) is 5.92 Å². The van der Waals surface area contributed by atoms with E-state index in [-0.39, 0.29) is 11.9 Å². The number of fused-ring (bicyclic) bond motifs is 1. The minimum Gasteiger partial charge on any atom is -0.465 e. The smallest absolute Gasteiger partial charge is 0.337 e. The lowest BCUT2D eigenvalue weighted by Crippen LogP contribution is -2.28. The first kappa shape index (κ1) is 17.7. The first-order valence-electron chi connectivity index (χ1n) is 8.94. The zero-order valence-electron chi connectivity index (χ0n) is 15.1. The number of amides is 1. The highest BCUT2D eigenvalue weighted by molar-refractivity contribution is 7.16. The van der Waals surface area contributed by atoms with Crippen LogP contribution in [0.5, 0.6) is 0 Å². The van der Waals surface area contributed by atoms with Crippen molar-refractivity contribution < 1.29 is 14.3 Å². The van der Waals surface area contributed by atoms with Gasteiger partial charge in [-0.25, -0.2) is 9.78 Å². The Morgan fingerprint density at radius 1 is 1.22 bits per heavy atom. The van der Waals surface area contributed by atoms with Crippen LogP contribution in [0.2, 0.25) is 0 Å². The van der Waals surface area contributed by atoms with Crippen molar-refractivity contribution in [1.29, 1.82) is 0 Å². The largest absolute Gasteiger partial charge is 0.465 e. The van der Waals surface area contributed by atoms with Gasteiger partial charge in [-0.05, 0) is 54.7 Å². The van der Waals surface area contributed by atoms with Gasteiger partial charge in [-0.15, -0.1) is 11.3 Å². The molecule has 0 aliphatic carbocycles. The number of thiazole rings is 1. The standard InChI is InChI=1S/C21H20N2O3S/c1-26-21(25)17-4-2-3-14(10-17)9-15-7-8-23(12-15)20(24)16-5-6-18-19(11-16)27-13-22-18/h2-6,10-11,13,15H,7-9,12H2,1H3. The van der Waals surface area contributed by atoms with Gasteiger partial charge < -0.3 is 9.64 Å². The summed E-state index contributed by atoms with van der Waals surface area (Å²) >= 11 is 1.55. The molecule has 1 unspecified atom stereocenters. The average molecular weight is 380 g/mol. The van der Waals surface area contributed by atoms with Gasteiger partial charge in [0.1, 0.15) is 0 Å². The maximum atomic E-state index is 12.8. The van der Waals surface area contributed by atoms with Crippen molar-refractivity contribution in [3.8, 4) is 0 Å². The van der Waals surface area contributed by atoms with Crippen molar-refractivity contribution in [3.05, 3.63) is 64.7 Å². The number of hydrogen-bond acceptors (Lipinski definition) is 5. The zero-order chi connectivity index (χ0) is 18.8. The van der Waals surface area contributed by atoms with Gasteiger partial charge in [0.25, 0.3) is 5.91 Å². The van der Waals surface area contributed by atoms with Crippen molar-refractivity contribution in [2.24, 2.45) is 5.92 Å². The Labute approximate surface area is 161 Å². The molecule has 1 aromatic heterocycles. The SMILES string of the molecule is COC(=O)c1cccc(CC2CCN(C(=O)c3ccc4ncsc4c3)C2)c1. The minimum absolute atomic E-state index is 0.0797. The second kappa shape index (κ2) is 7.48. The summed E-state index contributed by atoms with van der Waals surface area (Å²) in [5, 5.41) is 0. The molecule has 138 valence electrons. The third-order valence-electron chi connectivity index (χ3n) is 5.02. The molecule has 4 rings (SSSR count). The highest BCUT2D eigenvalue weighted by Gasteiger charge is 2.27. The van der Waals surface area contributed by atoms with Crippen molar-refractivity contribution >= 4 is 33.4 Å². The molecule has 1 aliphatic rings. The van der Waals surface area contributed by atoms with Crippen LogP contribution in [0.25, 0.3) is 10.2 Å². The van der Waals surface area contributed by atoms with Gasteiger partial charge in [0, 0.05) is 18.7 Å². The monoisotopic (exact) mass is 380 g/mol. The summed E-state index contributed by atoms with van der Waals surface area (Å²) in [6, 6.07) is 13.2. The molecule has 1 fully saturated rings. The maximum absolute atomic E-state index is 12.8. The molecule has 1 atom stereocenters. The number of hydrogen-bond donors (Lipinski definition) is 0. The molecule has 1 amide bonds.